The number of carbonyl (C=O) groups excluding carboxylic acids is 1. The molecule has 0 fully saturated rings. The largest absolute Gasteiger partial charge is 0.407 e. The molecule has 8 heteroatoms. The van der Waals surface area contributed by atoms with E-state index in [1.807, 2.05) is 50.2 Å². The molecule has 0 aliphatic rings. The number of nitrogens with one attached hydrogen (secondary N) is 2. The van der Waals surface area contributed by atoms with Gasteiger partial charge in [-0.3, -0.25) is 10.1 Å². The van der Waals surface area contributed by atoms with E-state index in [-0.39, 0.29) is 24.4 Å². The van der Waals surface area contributed by atoms with Gasteiger partial charge in [-0.15, -0.1) is 0 Å². The Labute approximate surface area is 202 Å². The summed E-state index contributed by atoms with van der Waals surface area (Å²) >= 11 is 0. The molecular weight excluding hydrogens is 453 g/mol. The normalized spacial score (nSPS) is 13.6. The summed E-state index contributed by atoms with van der Waals surface area (Å²) in [7, 11) is 0. The van der Waals surface area contributed by atoms with Crippen LogP contribution in [0.4, 0.5) is 13.2 Å². The number of rotatable bonds is 9. The van der Waals surface area contributed by atoms with Gasteiger partial charge in [-0.1, -0.05) is 68.5 Å². The number of benzene rings is 2. The number of para-hydroxylation sites is 1. The Hall–Kier alpha value is -3.70. The number of alkyl halides is 3. The van der Waals surface area contributed by atoms with Crippen molar-refractivity contribution in [2.45, 2.75) is 38.5 Å². The van der Waals surface area contributed by atoms with Crippen LogP contribution in [-0.2, 0) is 4.79 Å². The summed E-state index contributed by atoms with van der Waals surface area (Å²) in [6, 6.07) is 16.2. The maximum absolute atomic E-state index is 13.9. The van der Waals surface area contributed by atoms with Crippen molar-refractivity contribution in [3.8, 4) is 6.07 Å². The Morgan fingerprint density at radius 2 is 1.77 bits per heavy atom. The summed E-state index contributed by atoms with van der Waals surface area (Å²) < 4.78 is 41.8. The second-order valence-corrected chi connectivity index (χ2v) is 8.63. The molecule has 0 spiro atoms. The van der Waals surface area contributed by atoms with Gasteiger partial charge in [-0.2, -0.15) is 18.4 Å². The quantitative estimate of drug-likeness (QED) is 0.388. The first-order valence-corrected chi connectivity index (χ1v) is 11.3. The van der Waals surface area contributed by atoms with Crippen molar-refractivity contribution in [2.24, 2.45) is 5.92 Å². The highest BCUT2D eigenvalue weighted by atomic mass is 19.4. The van der Waals surface area contributed by atoms with E-state index >= 15 is 0 Å². The Morgan fingerprint density at radius 1 is 1.06 bits per heavy atom. The molecule has 182 valence electrons. The fourth-order valence-electron chi connectivity index (χ4n) is 3.71. The second-order valence-electron chi connectivity index (χ2n) is 8.63. The van der Waals surface area contributed by atoms with E-state index in [1.165, 1.54) is 12.1 Å². The molecule has 35 heavy (non-hydrogen) atoms. The number of hydrogen-bond acceptors (Lipinski definition) is 4. The molecule has 1 heterocycles. The molecule has 1 amide bonds. The summed E-state index contributed by atoms with van der Waals surface area (Å²) in [6.45, 7) is 3.37. The van der Waals surface area contributed by atoms with E-state index in [1.54, 1.807) is 30.4 Å². The van der Waals surface area contributed by atoms with Gasteiger partial charge in [0.25, 0.3) is 0 Å². The Morgan fingerprint density at radius 3 is 2.43 bits per heavy atom. The van der Waals surface area contributed by atoms with Crippen molar-refractivity contribution in [3.63, 3.8) is 0 Å². The van der Waals surface area contributed by atoms with E-state index in [2.05, 4.69) is 15.6 Å². The third-order valence-electron chi connectivity index (χ3n) is 5.40. The molecule has 0 radical (unpaired) electrons. The first-order valence-electron chi connectivity index (χ1n) is 11.3. The highest BCUT2D eigenvalue weighted by molar-refractivity contribution is 5.82. The van der Waals surface area contributed by atoms with Crippen LogP contribution in [0.25, 0.3) is 23.1 Å². The highest BCUT2D eigenvalue weighted by Gasteiger charge is 2.42. The zero-order valence-corrected chi connectivity index (χ0v) is 19.5. The van der Waals surface area contributed by atoms with E-state index in [4.69, 9.17) is 5.26 Å². The minimum absolute atomic E-state index is 0.000296. The predicted octanol–water partition coefficient (Wildman–Crippen LogP) is 5.65. The first-order chi connectivity index (χ1) is 16.7. The van der Waals surface area contributed by atoms with Crippen LogP contribution in [0.15, 0.2) is 60.7 Å². The Balaban J connectivity index is 1.78. The SMILES string of the molecule is CC(C)C[C@H](N[C@@H](c1ccc(C=Cc2ccc3ccccc3n2)cc1)C(F)(F)F)C(=O)NCC#N. The van der Waals surface area contributed by atoms with Gasteiger partial charge in [0.1, 0.15) is 12.6 Å². The second kappa shape index (κ2) is 11.6. The van der Waals surface area contributed by atoms with Gasteiger partial charge in [0.15, 0.2) is 0 Å². The van der Waals surface area contributed by atoms with E-state index in [0.29, 0.717) is 0 Å². The number of fused-ring (bicyclic) bond motifs is 1. The van der Waals surface area contributed by atoms with Crippen molar-refractivity contribution in [3.05, 3.63) is 77.5 Å². The van der Waals surface area contributed by atoms with Gasteiger partial charge in [-0.05, 0) is 41.7 Å². The minimum atomic E-state index is -4.61. The van der Waals surface area contributed by atoms with Crippen LogP contribution >= 0.6 is 0 Å². The van der Waals surface area contributed by atoms with Crippen molar-refractivity contribution in [1.29, 1.82) is 5.26 Å². The van der Waals surface area contributed by atoms with Crippen LogP contribution < -0.4 is 10.6 Å². The number of hydrogen-bond donors (Lipinski definition) is 2. The lowest BCUT2D eigenvalue weighted by Gasteiger charge is -2.28. The number of amides is 1. The smallest absolute Gasteiger partial charge is 0.342 e. The summed E-state index contributed by atoms with van der Waals surface area (Å²) in [5.74, 6) is -0.651. The van der Waals surface area contributed by atoms with Crippen LogP contribution in [-0.4, -0.2) is 29.7 Å². The highest BCUT2D eigenvalue weighted by Crippen LogP contribution is 2.34. The fourth-order valence-corrected chi connectivity index (χ4v) is 3.71. The van der Waals surface area contributed by atoms with Gasteiger partial charge in [0.05, 0.1) is 23.3 Å². The van der Waals surface area contributed by atoms with E-state index < -0.39 is 24.2 Å². The zero-order chi connectivity index (χ0) is 25.4. The monoisotopic (exact) mass is 480 g/mol. The number of carbonyl (C=O) groups is 1. The van der Waals surface area contributed by atoms with Crippen LogP contribution in [0.3, 0.4) is 0 Å². The maximum Gasteiger partial charge on any atom is 0.407 e. The molecule has 0 saturated carbocycles. The van der Waals surface area contributed by atoms with Crippen LogP contribution in [0.2, 0.25) is 0 Å². The third kappa shape index (κ3) is 7.39. The van der Waals surface area contributed by atoms with Gasteiger partial charge in [0, 0.05) is 5.39 Å². The van der Waals surface area contributed by atoms with Crippen LogP contribution in [0, 0.1) is 17.2 Å². The van der Waals surface area contributed by atoms with Gasteiger partial charge < -0.3 is 5.32 Å². The lowest BCUT2D eigenvalue weighted by molar-refractivity contribution is -0.161. The Bertz CT molecular complexity index is 1210. The molecule has 0 unspecified atom stereocenters. The Kier molecular flexibility index (Phi) is 8.61. The number of pyridine rings is 1. The van der Waals surface area contributed by atoms with Gasteiger partial charge in [0.2, 0.25) is 5.91 Å². The predicted molar refractivity (Wildman–Crippen MR) is 131 cm³/mol. The van der Waals surface area contributed by atoms with Crippen LogP contribution in [0.5, 0.6) is 0 Å². The number of aromatic nitrogens is 1. The lowest BCUT2D eigenvalue weighted by atomic mass is 9.99. The molecule has 0 bridgehead atoms. The molecule has 5 nitrogen and oxygen atoms in total. The average molecular weight is 481 g/mol. The number of halogens is 3. The molecular formula is C27H27F3N4O. The van der Waals surface area contributed by atoms with Crippen molar-refractivity contribution < 1.29 is 18.0 Å². The summed E-state index contributed by atoms with van der Waals surface area (Å²) in [5, 5.41) is 14.5. The molecule has 1 aromatic heterocycles. The van der Waals surface area contributed by atoms with Gasteiger partial charge in [-0.25, -0.2) is 4.98 Å². The number of nitriles is 1. The first kappa shape index (κ1) is 25.9. The molecule has 3 rings (SSSR count). The minimum Gasteiger partial charge on any atom is -0.342 e. The molecule has 2 N–H and O–H groups in total. The maximum atomic E-state index is 13.9. The van der Waals surface area contributed by atoms with Gasteiger partial charge >= 0.3 is 6.18 Å². The average Bonchev–Trinajstić information content (AvgIpc) is 2.83. The summed E-state index contributed by atoms with van der Waals surface area (Å²) in [5.41, 5.74) is 2.32. The van der Waals surface area contributed by atoms with Crippen molar-refractivity contribution in [1.82, 2.24) is 15.6 Å². The van der Waals surface area contributed by atoms with Crippen molar-refractivity contribution in [2.75, 3.05) is 6.54 Å². The van der Waals surface area contributed by atoms with Crippen molar-refractivity contribution >= 4 is 29.0 Å². The topological polar surface area (TPSA) is 77.8 Å². The van der Waals surface area contributed by atoms with Crippen LogP contribution in [0.1, 0.15) is 43.1 Å². The zero-order valence-electron chi connectivity index (χ0n) is 19.5. The lowest BCUT2D eigenvalue weighted by Crippen LogP contribution is -2.49. The van der Waals surface area contributed by atoms with E-state index in [0.717, 1.165) is 22.2 Å². The number of nitrogens with zero attached hydrogens (tertiary/aromatic N) is 2. The third-order valence-corrected chi connectivity index (χ3v) is 5.40. The standard InChI is InChI=1S/C27H27F3N4O/c1-18(2)17-24(26(35)32-16-15-31)34-25(27(28,29)30)21-10-7-19(8-11-21)9-13-22-14-12-20-5-3-4-6-23(20)33-22/h3-14,18,24-25,34H,16-17H2,1-2H3,(H,32,35)/t24-,25-/m0/s1. The summed E-state index contributed by atoms with van der Waals surface area (Å²) in [6.07, 6.45) is -0.826. The molecule has 2 aromatic carbocycles. The fraction of sp³-hybridized carbons (Fsp3) is 0.296. The summed E-state index contributed by atoms with van der Waals surface area (Å²) in [4.78, 5) is 16.9. The molecule has 3 aromatic rings. The molecule has 0 aliphatic heterocycles. The molecule has 0 aliphatic carbocycles. The molecule has 2 atom stereocenters. The molecule has 0 saturated heterocycles. The van der Waals surface area contributed by atoms with E-state index in [9.17, 15) is 18.0 Å².